The summed E-state index contributed by atoms with van der Waals surface area (Å²) in [4.78, 5) is 4.53. The third-order valence-corrected chi connectivity index (χ3v) is 3.32. The number of hydrogen-bond donors (Lipinski definition) is 1. The van der Waals surface area contributed by atoms with Gasteiger partial charge in [0.1, 0.15) is 0 Å². The molecule has 0 saturated carbocycles. The van der Waals surface area contributed by atoms with Crippen molar-refractivity contribution in [1.82, 2.24) is 10.3 Å². The molecule has 2 nitrogen and oxygen atoms in total. The number of rotatable bonds is 5. The lowest BCUT2D eigenvalue weighted by Gasteiger charge is -2.15. The van der Waals surface area contributed by atoms with Gasteiger partial charge >= 0.3 is 0 Å². The Morgan fingerprint density at radius 3 is 2.67 bits per heavy atom. The van der Waals surface area contributed by atoms with E-state index in [1.807, 2.05) is 12.3 Å². The summed E-state index contributed by atoms with van der Waals surface area (Å²) in [6, 6.07) is 11.1. The zero-order chi connectivity index (χ0) is 13.0. The first-order valence-corrected chi connectivity index (χ1v) is 6.75. The number of benzene rings is 1. The Balaban J connectivity index is 2.15. The minimum atomic E-state index is 0.537. The summed E-state index contributed by atoms with van der Waals surface area (Å²) >= 11 is 0. The lowest BCUT2D eigenvalue weighted by Crippen LogP contribution is -2.24. The Hall–Kier alpha value is -1.41. The van der Waals surface area contributed by atoms with Gasteiger partial charge in [-0.15, -0.1) is 0 Å². The van der Waals surface area contributed by atoms with Gasteiger partial charge in [0, 0.05) is 17.6 Å². The average molecular weight is 242 g/mol. The predicted molar refractivity (Wildman–Crippen MR) is 77.9 cm³/mol. The van der Waals surface area contributed by atoms with Crippen LogP contribution in [0.1, 0.15) is 38.7 Å². The Morgan fingerprint density at radius 2 is 1.89 bits per heavy atom. The molecule has 0 aliphatic rings. The summed E-state index contributed by atoms with van der Waals surface area (Å²) in [5.41, 5.74) is 2.51. The number of nitrogens with one attached hydrogen (secondary N) is 1. The van der Waals surface area contributed by atoms with Crippen molar-refractivity contribution >= 4 is 10.9 Å². The van der Waals surface area contributed by atoms with Crippen molar-refractivity contribution < 1.29 is 0 Å². The average Bonchev–Trinajstić information content (AvgIpc) is 2.37. The van der Waals surface area contributed by atoms with Gasteiger partial charge in [-0.3, -0.25) is 4.98 Å². The van der Waals surface area contributed by atoms with Crippen LogP contribution in [0.4, 0.5) is 0 Å². The van der Waals surface area contributed by atoms with Crippen molar-refractivity contribution in [2.45, 2.75) is 39.2 Å². The van der Waals surface area contributed by atoms with Crippen LogP contribution < -0.4 is 5.32 Å². The van der Waals surface area contributed by atoms with Gasteiger partial charge in [-0.2, -0.15) is 0 Å². The Kier molecular flexibility index (Phi) is 4.32. The van der Waals surface area contributed by atoms with Gasteiger partial charge in [-0.1, -0.05) is 45.0 Å². The maximum atomic E-state index is 4.53. The van der Waals surface area contributed by atoms with Crippen molar-refractivity contribution in [2.24, 2.45) is 0 Å². The first-order chi connectivity index (χ1) is 8.68. The van der Waals surface area contributed by atoms with Crippen molar-refractivity contribution in [1.29, 1.82) is 0 Å². The molecule has 0 aliphatic carbocycles. The minimum absolute atomic E-state index is 0.537. The first-order valence-electron chi connectivity index (χ1n) is 6.75. The molecule has 1 N–H and O–H groups in total. The Labute approximate surface area is 109 Å². The quantitative estimate of drug-likeness (QED) is 0.864. The molecule has 0 spiro atoms. The summed E-state index contributed by atoms with van der Waals surface area (Å²) in [7, 11) is 0. The molecule has 2 rings (SSSR count). The van der Waals surface area contributed by atoms with E-state index in [4.69, 9.17) is 0 Å². The molecule has 0 radical (unpaired) electrons. The van der Waals surface area contributed by atoms with Crippen LogP contribution in [0.25, 0.3) is 10.9 Å². The van der Waals surface area contributed by atoms with E-state index in [9.17, 15) is 0 Å². The first kappa shape index (κ1) is 13.0. The molecule has 0 amide bonds. The van der Waals surface area contributed by atoms with E-state index < -0.39 is 0 Å². The number of fused-ring (bicyclic) bond motifs is 1. The van der Waals surface area contributed by atoms with Crippen LogP contribution in [0.2, 0.25) is 0 Å². The summed E-state index contributed by atoms with van der Waals surface area (Å²) < 4.78 is 0. The second-order valence-electron chi connectivity index (χ2n) is 5.22. The van der Waals surface area contributed by atoms with Crippen LogP contribution in [-0.2, 0) is 0 Å². The molecule has 1 unspecified atom stereocenters. The predicted octanol–water partition coefficient (Wildman–Crippen LogP) is 3.73. The van der Waals surface area contributed by atoms with Gasteiger partial charge in [0.2, 0.25) is 0 Å². The summed E-state index contributed by atoms with van der Waals surface area (Å²) in [5.74, 6) is 0.537. The highest BCUT2D eigenvalue weighted by atomic mass is 14.9. The fourth-order valence-corrected chi connectivity index (χ4v) is 2.27. The van der Waals surface area contributed by atoms with Crippen LogP contribution in [0.5, 0.6) is 0 Å². The second kappa shape index (κ2) is 5.96. The summed E-state index contributed by atoms with van der Waals surface area (Å²) in [6.07, 6.45) is 3.03. The van der Waals surface area contributed by atoms with E-state index in [0.717, 1.165) is 18.5 Å². The Bertz CT molecular complexity index is 500. The highest BCUT2D eigenvalue weighted by Crippen LogP contribution is 2.25. The molecule has 0 saturated heterocycles. The summed E-state index contributed by atoms with van der Waals surface area (Å²) in [6.45, 7) is 7.71. The smallest absolute Gasteiger partial charge is 0.0736 e. The molecule has 1 aromatic carbocycles. The molecule has 1 atom stereocenters. The van der Waals surface area contributed by atoms with E-state index in [0.29, 0.717) is 12.0 Å². The van der Waals surface area contributed by atoms with Crippen LogP contribution >= 0.6 is 0 Å². The molecular formula is C16H22N2. The monoisotopic (exact) mass is 242 g/mol. The van der Waals surface area contributed by atoms with Crippen LogP contribution in [0, 0.1) is 0 Å². The minimum Gasteiger partial charge on any atom is -0.315 e. The lowest BCUT2D eigenvalue weighted by molar-refractivity contribution is 0.542. The number of hydrogen-bond acceptors (Lipinski definition) is 2. The van der Waals surface area contributed by atoms with Crippen molar-refractivity contribution in [3.05, 3.63) is 42.1 Å². The van der Waals surface area contributed by atoms with Crippen LogP contribution in [-0.4, -0.2) is 17.6 Å². The fourth-order valence-electron chi connectivity index (χ4n) is 2.27. The van der Waals surface area contributed by atoms with Crippen molar-refractivity contribution in [2.75, 3.05) is 6.54 Å². The fraction of sp³-hybridized carbons (Fsp3) is 0.438. The largest absolute Gasteiger partial charge is 0.315 e. The van der Waals surface area contributed by atoms with Gasteiger partial charge in [0.05, 0.1) is 5.52 Å². The van der Waals surface area contributed by atoms with Gasteiger partial charge in [-0.05, 0) is 30.5 Å². The molecular weight excluding hydrogens is 220 g/mol. The van der Waals surface area contributed by atoms with Crippen molar-refractivity contribution in [3.8, 4) is 0 Å². The Morgan fingerprint density at radius 1 is 1.11 bits per heavy atom. The van der Waals surface area contributed by atoms with Gasteiger partial charge in [0.15, 0.2) is 0 Å². The van der Waals surface area contributed by atoms with E-state index in [-0.39, 0.29) is 0 Å². The van der Waals surface area contributed by atoms with E-state index >= 15 is 0 Å². The molecule has 2 aromatic rings. The highest BCUT2D eigenvalue weighted by Gasteiger charge is 2.09. The lowest BCUT2D eigenvalue weighted by atomic mass is 9.95. The molecule has 96 valence electrons. The normalized spacial score (nSPS) is 13.1. The number of pyridine rings is 1. The number of nitrogens with zero attached hydrogens (tertiary/aromatic N) is 1. The molecule has 2 heteroatoms. The van der Waals surface area contributed by atoms with Crippen LogP contribution in [0.3, 0.4) is 0 Å². The summed E-state index contributed by atoms with van der Waals surface area (Å²) in [5, 5.41) is 4.71. The number of para-hydroxylation sites is 1. The maximum absolute atomic E-state index is 4.53. The zero-order valence-corrected chi connectivity index (χ0v) is 11.5. The molecule has 0 aliphatic heterocycles. The van der Waals surface area contributed by atoms with Gasteiger partial charge < -0.3 is 5.32 Å². The topological polar surface area (TPSA) is 24.9 Å². The standard InChI is InChI=1S/C16H22N2/c1-12(2)17-11-9-13(3)15-8-4-6-14-7-5-10-18-16(14)15/h4-8,10,12-13,17H,9,11H2,1-3H3. The number of aromatic nitrogens is 1. The van der Waals surface area contributed by atoms with E-state index in [2.05, 4.69) is 55.3 Å². The molecule has 0 fully saturated rings. The molecule has 1 aromatic heterocycles. The van der Waals surface area contributed by atoms with Gasteiger partial charge in [0.25, 0.3) is 0 Å². The van der Waals surface area contributed by atoms with E-state index in [1.165, 1.54) is 10.9 Å². The third-order valence-electron chi connectivity index (χ3n) is 3.32. The highest BCUT2D eigenvalue weighted by molar-refractivity contribution is 5.81. The SMILES string of the molecule is CC(C)NCCC(C)c1cccc2cccnc12. The zero-order valence-electron chi connectivity index (χ0n) is 11.5. The third kappa shape index (κ3) is 3.08. The maximum Gasteiger partial charge on any atom is 0.0736 e. The van der Waals surface area contributed by atoms with E-state index in [1.54, 1.807) is 0 Å². The van der Waals surface area contributed by atoms with Gasteiger partial charge in [-0.25, -0.2) is 0 Å². The van der Waals surface area contributed by atoms with Crippen LogP contribution in [0.15, 0.2) is 36.5 Å². The van der Waals surface area contributed by atoms with Crippen molar-refractivity contribution in [3.63, 3.8) is 0 Å². The molecule has 1 heterocycles. The molecule has 0 bridgehead atoms. The molecule has 18 heavy (non-hydrogen) atoms. The second-order valence-corrected chi connectivity index (χ2v) is 5.22.